The van der Waals surface area contributed by atoms with Crippen LogP contribution in [0, 0.1) is 5.92 Å². The Kier molecular flexibility index (Phi) is 4.93. The highest BCUT2D eigenvalue weighted by atomic mass is 32.1. The van der Waals surface area contributed by atoms with E-state index in [9.17, 15) is 9.90 Å². The minimum atomic E-state index is -1.16. The molecular formula is C16H19NO3S2. The topological polar surface area (TPSA) is 58.6 Å². The molecule has 6 heteroatoms. The normalized spacial score (nSPS) is 18.8. The van der Waals surface area contributed by atoms with Crippen LogP contribution in [0.25, 0.3) is 0 Å². The molecule has 1 aliphatic rings. The maximum Gasteiger partial charge on any atom is 0.223 e. The van der Waals surface area contributed by atoms with Crippen LogP contribution >= 0.6 is 22.7 Å². The Hall–Kier alpha value is -1.21. The molecule has 1 atom stereocenters. The Morgan fingerprint density at radius 1 is 1.36 bits per heavy atom. The van der Waals surface area contributed by atoms with Gasteiger partial charge >= 0.3 is 0 Å². The molecule has 22 heavy (non-hydrogen) atoms. The molecule has 118 valence electrons. The molecule has 0 saturated carbocycles. The standard InChI is InChI=1S/C16H19NO3S2/c18-15(12-3-6-20-7-4-12)17-11-16(19,13-5-9-21-10-13)14-2-1-8-22-14/h1-2,5,8-10,12,19H,3-4,6-7,11H2,(H,17,18). The third-order valence-electron chi connectivity index (χ3n) is 4.04. The van der Waals surface area contributed by atoms with E-state index in [0.29, 0.717) is 13.2 Å². The third kappa shape index (κ3) is 3.25. The van der Waals surface area contributed by atoms with E-state index in [1.165, 1.54) is 11.3 Å². The van der Waals surface area contributed by atoms with Gasteiger partial charge in [-0.2, -0.15) is 11.3 Å². The van der Waals surface area contributed by atoms with Gasteiger partial charge in [-0.05, 0) is 41.1 Å². The van der Waals surface area contributed by atoms with Crippen molar-refractivity contribution in [2.24, 2.45) is 5.92 Å². The molecule has 2 aromatic rings. The van der Waals surface area contributed by atoms with Gasteiger partial charge in [0.05, 0.1) is 6.54 Å². The number of ether oxygens (including phenoxy) is 1. The first kappa shape index (κ1) is 15.7. The SMILES string of the molecule is O=C(NCC(O)(c1ccsc1)c1cccs1)C1CCOCC1. The summed E-state index contributed by atoms with van der Waals surface area (Å²) in [5.74, 6) is -0.00248. The summed E-state index contributed by atoms with van der Waals surface area (Å²) in [7, 11) is 0. The summed E-state index contributed by atoms with van der Waals surface area (Å²) in [5, 5.41) is 19.9. The van der Waals surface area contributed by atoms with E-state index in [0.717, 1.165) is 23.3 Å². The number of aliphatic hydroxyl groups is 1. The Bertz CT molecular complexity index is 555. The fourth-order valence-electron chi connectivity index (χ4n) is 2.66. The predicted octanol–water partition coefficient (Wildman–Crippen LogP) is 2.59. The van der Waals surface area contributed by atoms with Crippen LogP contribution in [0.3, 0.4) is 0 Å². The van der Waals surface area contributed by atoms with Crippen molar-refractivity contribution in [2.75, 3.05) is 19.8 Å². The van der Waals surface area contributed by atoms with Gasteiger partial charge < -0.3 is 15.2 Å². The number of thiophene rings is 2. The monoisotopic (exact) mass is 337 g/mol. The van der Waals surface area contributed by atoms with Crippen molar-refractivity contribution >= 4 is 28.6 Å². The van der Waals surface area contributed by atoms with Gasteiger partial charge in [0, 0.05) is 29.6 Å². The van der Waals surface area contributed by atoms with E-state index in [-0.39, 0.29) is 18.4 Å². The summed E-state index contributed by atoms with van der Waals surface area (Å²) >= 11 is 3.04. The number of hydrogen-bond donors (Lipinski definition) is 2. The van der Waals surface area contributed by atoms with Crippen molar-refractivity contribution in [3.8, 4) is 0 Å². The zero-order valence-corrected chi connectivity index (χ0v) is 13.8. The molecule has 3 heterocycles. The molecule has 2 aromatic heterocycles. The van der Waals surface area contributed by atoms with Crippen molar-refractivity contribution in [1.82, 2.24) is 5.32 Å². The van der Waals surface area contributed by atoms with Gasteiger partial charge in [0.25, 0.3) is 0 Å². The van der Waals surface area contributed by atoms with Gasteiger partial charge in [-0.15, -0.1) is 11.3 Å². The van der Waals surface area contributed by atoms with Gasteiger partial charge in [-0.1, -0.05) is 6.07 Å². The van der Waals surface area contributed by atoms with Crippen molar-refractivity contribution in [1.29, 1.82) is 0 Å². The molecule has 0 bridgehead atoms. The van der Waals surface area contributed by atoms with E-state index < -0.39 is 5.60 Å². The average molecular weight is 337 g/mol. The smallest absolute Gasteiger partial charge is 0.223 e. The molecule has 3 rings (SSSR count). The highest BCUT2D eigenvalue weighted by Gasteiger charge is 2.34. The van der Waals surface area contributed by atoms with Gasteiger partial charge in [0.1, 0.15) is 5.60 Å². The second-order valence-corrected chi connectivity index (χ2v) is 7.18. The van der Waals surface area contributed by atoms with Crippen LogP contribution in [0.15, 0.2) is 34.3 Å². The Balaban J connectivity index is 1.72. The maximum absolute atomic E-state index is 12.3. The largest absolute Gasteiger partial charge is 0.381 e. The minimum Gasteiger partial charge on any atom is -0.381 e. The van der Waals surface area contributed by atoms with E-state index in [4.69, 9.17) is 4.74 Å². The highest BCUT2D eigenvalue weighted by molar-refractivity contribution is 7.10. The number of carbonyl (C=O) groups excluding carboxylic acids is 1. The van der Waals surface area contributed by atoms with Crippen molar-refractivity contribution in [3.05, 3.63) is 44.8 Å². The second kappa shape index (κ2) is 6.91. The summed E-state index contributed by atoms with van der Waals surface area (Å²) in [4.78, 5) is 13.2. The summed E-state index contributed by atoms with van der Waals surface area (Å²) in [5.41, 5.74) is -0.332. The Morgan fingerprint density at radius 3 is 2.82 bits per heavy atom. The van der Waals surface area contributed by atoms with E-state index in [2.05, 4.69) is 5.32 Å². The van der Waals surface area contributed by atoms with Gasteiger partial charge in [-0.3, -0.25) is 4.79 Å². The average Bonchev–Trinajstić information content (AvgIpc) is 3.26. The zero-order chi connectivity index (χ0) is 15.4. The maximum atomic E-state index is 12.3. The highest BCUT2D eigenvalue weighted by Crippen LogP contribution is 2.33. The van der Waals surface area contributed by atoms with Crippen LogP contribution in [-0.2, 0) is 15.1 Å². The number of amides is 1. The second-order valence-electron chi connectivity index (χ2n) is 5.45. The summed E-state index contributed by atoms with van der Waals surface area (Å²) < 4.78 is 5.29. The molecular weight excluding hydrogens is 318 g/mol. The lowest BCUT2D eigenvalue weighted by Gasteiger charge is -2.28. The number of carbonyl (C=O) groups is 1. The Morgan fingerprint density at radius 2 is 2.18 bits per heavy atom. The molecule has 0 spiro atoms. The lowest BCUT2D eigenvalue weighted by atomic mass is 9.93. The minimum absolute atomic E-state index is 0.00788. The summed E-state index contributed by atoms with van der Waals surface area (Å²) in [6.45, 7) is 1.47. The fourth-order valence-corrected chi connectivity index (χ4v) is 4.23. The van der Waals surface area contributed by atoms with Crippen molar-refractivity contribution in [2.45, 2.75) is 18.4 Å². The molecule has 4 nitrogen and oxygen atoms in total. The summed E-state index contributed by atoms with van der Waals surface area (Å²) in [6.07, 6.45) is 1.50. The molecule has 1 amide bonds. The van der Waals surface area contributed by atoms with Crippen LogP contribution < -0.4 is 5.32 Å². The van der Waals surface area contributed by atoms with Crippen LogP contribution in [0.4, 0.5) is 0 Å². The molecule has 0 aliphatic carbocycles. The van der Waals surface area contributed by atoms with Crippen molar-refractivity contribution in [3.63, 3.8) is 0 Å². The quantitative estimate of drug-likeness (QED) is 0.882. The fraction of sp³-hybridized carbons (Fsp3) is 0.438. The van der Waals surface area contributed by atoms with Crippen LogP contribution in [-0.4, -0.2) is 30.8 Å². The number of nitrogens with one attached hydrogen (secondary N) is 1. The molecule has 0 aromatic carbocycles. The first-order valence-corrected chi connectivity index (χ1v) is 9.17. The molecule has 1 saturated heterocycles. The third-order valence-corrected chi connectivity index (χ3v) is 5.74. The summed E-state index contributed by atoms with van der Waals surface area (Å²) in [6, 6.07) is 5.73. The van der Waals surface area contributed by atoms with Gasteiger partial charge in [-0.25, -0.2) is 0 Å². The first-order chi connectivity index (χ1) is 10.7. The van der Waals surface area contributed by atoms with E-state index in [1.54, 1.807) is 11.3 Å². The van der Waals surface area contributed by atoms with Gasteiger partial charge in [0.15, 0.2) is 0 Å². The molecule has 0 radical (unpaired) electrons. The predicted molar refractivity (Wildman–Crippen MR) is 88.2 cm³/mol. The molecule has 1 aliphatic heterocycles. The molecule has 1 unspecified atom stereocenters. The zero-order valence-electron chi connectivity index (χ0n) is 12.2. The Labute approximate surface area is 137 Å². The number of rotatable bonds is 5. The van der Waals surface area contributed by atoms with Crippen LogP contribution in [0.5, 0.6) is 0 Å². The van der Waals surface area contributed by atoms with E-state index in [1.807, 2.05) is 34.3 Å². The molecule has 1 fully saturated rings. The van der Waals surface area contributed by atoms with Crippen LogP contribution in [0.1, 0.15) is 23.3 Å². The lowest BCUT2D eigenvalue weighted by molar-refractivity contribution is -0.128. The first-order valence-electron chi connectivity index (χ1n) is 7.34. The molecule has 2 N–H and O–H groups in total. The van der Waals surface area contributed by atoms with Crippen molar-refractivity contribution < 1.29 is 14.6 Å². The lowest BCUT2D eigenvalue weighted by Crippen LogP contribution is -2.44. The van der Waals surface area contributed by atoms with Crippen LogP contribution in [0.2, 0.25) is 0 Å². The van der Waals surface area contributed by atoms with Gasteiger partial charge in [0.2, 0.25) is 5.91 Å². The van der Waals surface area contributed by atoms with E-state index >= 15 is 0 Å². The number of hydrogen-bond acceptors (Lipinski definition) is 5.